The van der Waals surface area contributed by atoms with E-state index in [1.807, 2.05) is 12.1 Å². The largest absolute Gasteiger partial charge is 0.444 e. The summed E-state index contributed by atoms with van der Waals surface area (Å²) >= 11 is 0. The third-order valence-electron chi connectivity index (χ3n) is 6.09. The smallest absolute Gasteiger partial charge is 0.430 e. The Labute approximate surface area is 251 Å². The lowest BCUT2D eigenvalue weighted by molar-refractivity contribution is -0.126. The summed E-state index contributed by atoms with van der Waals surface area (Å²) < 4.78 is 21.8. The predicted octanol–water partition coefficient (Wildman–Crippen LogP) is 5.32. The predicted molar refractivity (Wildman–Crippen MR) is 157 cm³/mol. The fourth-order valence-corrected chi connectivity index (χ4v) is 4.18. The quantitative estimate of drug-likeness (QED) is 0.174. The molecule has 2 atom stereocenters. The van der Waals surface area contributed by atoms with Crippen LogP contribution in [-0.2, 0) is 37.0 Å². The number of hydrazine groups is 1. The van der Waals surface area contributed by atoms with Gasteiger partial charge in [-0.15, -0.1) is 0 Å². The molecule has 43 heavy (non-hydrogen) atoms. The van der Waals surface area contributed by atoms with Gasteiger partial charge in [-0.2, -0.15) is 5.01 Å². The first-order chi connectivity index (χ1) is 20.6. The second-order valence-electron chi connectivity index (χ2n) is 10.6. The monoisotopic (exact) mass is 591 g/mol. The van der Waals surface area contributed by atoms with Crippen molar-refractivity contribution in [3.8, 4) is 0 Å². The zero-order valence-corrected chi connectivity index (χ0v) is 24.6. The molecule has 3 amide bonds. The van der Waals surface area contributed by atoms with Crippen molar-refractivity contribution in [1.82, 2.24) is 15.8 Å². The Balaban J connectivity index is 2.03. The molecule has 3 aromatic rings. The van der Waals surface area contributed by atoms with Crippen LogP contribution in [0.1, 0.15) is 43.5 Å². The van der Waals surface area contributed by atoms with Crippen molar-refractivity contribution in [2.24, 2.45) is 0 Å². The number of carbonyl (C=O) groups excluding carboxylic acids is 4. The molecule has 0 aromatic heterocycles. The SMILES string of the molecule is COC[C@](C=O)([C@@H](NC(=O)OC(C)(C)C)c1ccccc1)N(NC(=O)OCc1ccccc1)C(=O)OCc1ccccc1. The van der Waals surface area contributed by atoms with Gasteiger partial charge in [0.15, 0.2) is 11.8 Å². The molecule has 0 aliphatic carbocycles. The summed E-state index contributed by atoms with van der Waals surface area (Å²) in [5, 5.41) is 3.38. The van der Waals surface area contributed by atoms with E-state index in [0.29, 0.717) is 28.0 Å². The van der Waals surface area contributed by atoms with E-state index in [1.54, 1.807) is 99.6 Å². The number of ether oxygens (including phenoxy) is 4. The fourth-order valence-electron chi connectivity index (χ4n) is 4.18. The van der Waals surface area contributed by atoms with Crippen LogP contribution in [0.4, 0.5) is 14.4 Å². The topological polar surface area (TPSA) is 132 Å². The van der Waals surface area contributed by atoms with E-state index in [0.717, 1.165) is 0 Å². The molecule has 3 rings (SSSR count). The normalized spacial score (nSPS) is 13.0. The number of aldehydes is 1. The number of hydrogen-bond donors (Lipinski definition) is 2. The Morgan fingerprint density at radius 1 is 0.791 bits per heavy atom. The number of amides is 3. The lowest BCUT2D eigenvalue weighted by atomic mass is 9.86. The first-order valence-electron chi connectivity index (χ1n) is 13.6. The molecule has 11 nitrogen and oxygen atoms in total. The minimum Gasteiger partial charge on any atom is -0.444 e. The molecule has 3 aromatic carbocycles. The second kappa shape index (κ2) is 15.4. The van der Waals surface area contributed by atoms with Crippen LogP contribution in [0.15, 0.2) is 91.0 Å². The first-order valence-corrected chi connectivity index (χ1v) is 13.6. The molecule has 0 unspecified atom stereocenters. The standard InChI is InChI=1S/C32H37N3O8/c1-31(2,3)43-28(37)33-27(26-18-12-7-13-19-26)32(22-36,23-40-4)35(30(39)42-21-25-16-10-6-11-17-25)34-29(38)41-20-24-14-8-5-9-15-24/h5-19,22,27H,20-21,23H2,1-4H3,(H,33,37)(H,34,38)/t27-,32+/m0/s1. The maximum atomic E-state index is 13.7. The summed E-state index contributed by atoms with van der Waals surface area (Å²) in [6.45, 7) is 4.30. The van der Waals surface area contributed by atoms with Gasteiger partial charge < -0.3 is 29.1 Å². The number of nitrogens with one attached hydrogen (secondary N) is 2. The molecule has 0 aliphatic heterocycles. The number of carbonyl (C=O) groups is 4. The highest BCUT2D eigenvalue weighted by atomic mass is 16.6. The Hall–Kier alpha value is -4.90. The molecule has 0 fully saturated rings. The van der Waals surface area contributed by atoms with Crippen molar-refractivity contribution in [3.63, 3.8) is 0 Å². The van der Waals surface area contributed by atoms with Gasteiger partial charge in [-0.3, -0.25) is 0 Å². The zero-order chi connectivity index (χ0) is 31.3. The van der Waals surface area contributed by atoms with Crippen LogP contribution < -0.4 is 10.7 Å². The van der Waals surface area contributed by atoms with Crippen molar-refractivity contribution in [1.29, 1.82) is 0 Å². The molecule has 0 spiro atoms. The van der Waals surface area contributed by atoms with E-state index in [4.69, 9.17) is 18.9 Å². The van der Waals surface area contributed by atoms with Crippen LogP contribution in [0.3, 0.4) is 0 Å². The Kier molecular flexibility index (Phi) is 11.7. The van der Waals surface area contributed by atoms with Crippen molar-refractivity contribution in [2.75, 3.05) is 13.7 Å². The molecule has 0 radical (unpaired) electrons. The lowest BCUT2D eigenvalue weighted by Gasteiger charge is -2.43. The third kappa shape index (κ3) is 9.57. The van der Waals surface area contributed by atoms with Gasteiger partial charge >= 0.3 is 18.3 Å². The van der Waals surface area contributed by atoms with Gasteiger partial charge in [0.25, 0.3) is 0 Å². The summed E-state index contributed by atoms with van der Waals surface area (Å²) in [7, 11) is 1.31. The van der Waals surface area contributed by atoms with E-state index < -0.39 is 42.1 Å². The first kappa shape index (κ1) is 32.6. The molecule has 0 saturated heterocycles. The maximum Gasteiger partial charge on any atom is 0.430 e. The van der Waals surface area contributed by atoms with Crippen LogP contribution >= 0.6 is 0 Å². The molecule has 0 aliphatic rings. The minimum atomic E-state index is -2.08. The third-order valence-corrected chi connectivity index (χ3v) is 6.09. The number of rotatable bonds is 11. The molecule has 2 N–H and O–H groups in total. The molecule has 0 heterocycles. The van der Waals surface area contributed by atoms with Crippen molar-refractivity contribution in [3.05, 3.63) is 108 Å². The Bertz CT molecular complexity index is 1330. The van der Waals surface area contributed by atoms with Crippen LogP contribution in [-0.4, -0.2) is 54.4 Å². The molecule has 0 bridgehead atoms. The minimum absolute atomic E-state index is 0.115. The average molecular weight is 592 g/mol. The fraction of sp³-hybridized carbons (Fsp3) is 0.312. The molecule has 0 saturated carbocycles. The van der Waals surface area contributed by atoms with Crippen LogP contribution in [0.2, 0.25) is 0 Å². The van der Waals surface area contributed by atoms with Gasteiger partial charge in [-0.05, 0) is 37.5 Å². The van der Waals surface area contributed by atoms with Gasteiger partial charge in [0.05, 0.1) is 12.6 Å². The molecule has 228 valence electrons. The molecular weight excluding hydrogens is 554 g/mol. The molecular formula is C32H37N3O8. The number of nitrogens with zero attached hydrogens (tertiary/aromatic N) is 1. The summed E-state index contributed by atoms with van der Waals surface area (Å²) in [4.78, 5) is 53.0. The van der Waals surface area contributed by atoms with E-state index in [9.17, 15) is 19.2 Å². The van der Waals surface area contributed by atoms with Crippen LogP contribution in [0.25, 0.3) is 0 Å². The van der Waals surface area contributed by atoms with E-state index >= 15 is 0 Å². The number of hydrogen-bond acceptors (Lipinski definition) is 8. The number of alkyl carbamates (subject to hydrolysis) is 1. The maximum absolute atomic E-state index is 13.7. The second-order valence-corrected chi connectivity index (χ2v) is 10.6. The van der Waals surface area contributed by atoms with Crippen molar-refractivity contribution in [2.45, 2.75) is 51.2 Å². The van der Waals surface area contributed by atoms with E-state index in [-0.39, 0.29) is 13.2 Å². The zero-order valence-electron chi connectivity index (χ0n) is 24.6. The average Bonchev–Trinajstić information content (AvgIpc) is 3.00. The number of methoxy groups -OCH3 is 1. The highest BCUT2D eigenvalue weighted by molar-refractivity contribution is 5.82. The van der Waals surface area contributed by atoms with Gasteiger partial charge in [-0.25, -0.2) is 19.8 Å². The van der Waals surface area contributed by atoms with Crippen LogP contribution in [0, 0.1) is 0 Å². The van der Waals surface area contributed by atoms with Gasteiger partial charge in [0, 0.05) is 7.11 Å². The highest BCUT2D eigenvalue weighted by Crippen LogP contribution is 2.31. The molecule has 11 heteroatoms. The van der Waals surface area contributed by atoms with Crippen molar-refractivity contribution < 1.29 is 38.1 Å². The van der Waals surface area contributed by atoms with Crippen molar-refractivity contribution >= 4 is 24.6 Å². The summed E-state index contributed by atoms with van der Waals surface area (Å²) in [6, 6.07) is 24.9. The Morgan fingerprint density at radius 2 is 1.30 bits per heavy atom. The highest BCUT2D eigenvalue weighted by Gasteiger charge is 2.51. The Morgan fingerprint density at radius 3 is 1.79 bits per heavy atom. The summed E-state index contributed by atoms with van der Waals surface area (Å²) in [6.07, 6.45) is -2.61. The summed E-state index contributed by atoms with van der Waals surface area (Å²) in [5.74, 6) is 0. The summed E-state index contributed by atoms with van der Waals surface area (Å²) in [5.41, 5.74) is 1.19. The van der Waals surface area contributed by atoms with Gasteiger partial charge in [0.2, 0.25) is 0 Å². The van der Waals surface area contributed by atoms with E-state index in [1.165, 1.54) is 7.11 Å². The van der Waals surface area contributed by atoms with E-state index in [2.05, 4.69) is 10.7 Å². The van der Waals surface area contributed by atoms with Gasteiger partial charge in [-0.1, -0.05) is 91.0 Å². The lowest BCUT2D eigenvalue weighted by Crippen LogP contribution is -2.68. The van der Waals surface area contributed by atoms with Crippen LogP contribution in [0.5, 0.6) is 0 Å². The number of benzene rings is 3. The van der Waals surface area contributed by atoms with Gasteiger partial charge in [0.1, 0.15) is 18.8 Å².